The summed E-state index contributed by atoms with van der Waals surface area (Å²) in [4.78, 5) is 12.5. The van der Waals surface area contributed by atoms with Gasteiger partial charge in [0.2, 0.25) is 0 Å². The average molecular weight is 320 g/mol. The number of halogens is 1. The van der Waals surface area contributed by atoms with Gasteiger partial charge in [-0.15, -0.1) is 16.4 Å². The van der Waals surface area contributed by atoms with E-state index in [2.05, 4.69) is 15.5 Å². The van der Waals surface area contributed by atoms with E-state index in [-0.39, 0.29) is 12.4 Å². The van der Waals surface area contributed by atoms with Crippen LogP contribution in [0.3, 0.4) is 0 Å². The van der Waals surface area contributed by atoms with E-state index in [1.54, 1.807) is 16.8 Å². The minimum Gasteiger partial charge on any atom is -0.453 e. The monoisotopic (exact) mass is 320 g/mol. The summed E-state index contributed by atoms with van der Waals surface area (Å²) in [5.41, 5.74) is 0. The standard InChI is InChI=1S/C14H13FN4O2S/c1-2-5-19-13(16-17-18-19)8-21-14(20)12-7-9-6-10(15)3-4-11(9)22-12/h3-4,6-7H,2,5,8H2,1H3. The lowest BCUT2D eigenvalue weighted by Gasteiger charge is -2.03. The molecule has 2 aromatic heterocycles. The first-order valence-electron chi connectivity index (χ1n) is 6.78. The highest BCUT2D eigenvalue weighted by Crippen LogP contribution is 2.26. The number of nitrogens with zero attached hydrogens (tertiary/aromatic N) is 4. The maximum atomic E-state index is 13.2. The summed E-state index contributed by atoms with van der Waals surface area (Å²) in [5, 5.41) is 11.9. The molecule has 0 fully saturated rings. The summed E-state index contributed by atoms with van der Waals surface area (Å²) in [5.74, 6) is -0.293. The minimum absolute atomic E-state index is 0.00837. The van der Waals surface area contributed by atoms with Crippen molar-refractivity contribution < 1.29 is 13.9 Å². The molecule has 0 aliphatic heterocycles. The van der Waals surface area contributed by atoms with Crippen molar-refractivity contribution in [1.29, 1.82) is 0 Å². The van der Waals surface area contributed by atoms with E-state index in [4.69, 9.17) is 4.74 Å². The van der Waals surface area contributed by atoms with E-state index >= 15 is 0 Å². The Balaban J connectivity index is 1.71. The Morgan fingerprint density at radius 3 is 3.09 bits per heavy atom. The van der Waals surface area contributed by atoms with Crippen LogP contribution in [0.2, 0.25) is 0 Å². The summed E-state index contributed by atoms with van der Waals surface area (Å²) >= 11 is 1.27. The van der Waals surface area contributed by atoms with E-state index in [1.807, 2.05) is 6.92 Å². The molecule has 0 radical (unpaired) electrons. The number of benzene rings is 1. The number of carbonyl (C=O) groups excluding carboxylic acids is 1. The fourth-order valence-electron chi connectivity index (χ4n) is 2.03. The summed E-state index contributed by atoms with van der Waals surface area (Å²) in [6, 6.07) is 6.03. The molecule has 2 heterocycles. The highest BCUT2D eigenvalue weighted by atomic mass is 32.1. The maximum Gasteiger partial charge on any atom is 0.348 e. The van der Waals surface area contributed by atoms with Crippen LogP contribution in [0.5, 0.6) is 0 Å². The molecule has 0 saturated heterocycles. The molecule has 0 unspecified atom stereocenters. The number of aromatic nitrogens is 4. The van der Waals surface area contributed by atoms with Gasteiger partial charge >= 0.3 is 5.97 Å². The Labute approximate surface area is 129 Å². The molecule has 1 aromatic carbocycles. The highest BCUT2D eigenvalue weighted by molar-refractivity contribution is 7.20. The van der Waals surface area contributed by atoms with Gasteiger partial charge in [0.1, 0.15) is 10.7 Å². The molecule has 8 heteroatoms. The van der Waals surface area contributed by atoms with Crippen molar-refractivity contribution in [2.45, 2.75) is 26.5 Å². The van der Waals surface area contributed by atoms with Crippen LogP contribution in [0.25, 0.3) is 10.1 Å². The number of ether oxygens (including phenoxy) is 1. The Bertz CT molecular complexity index is 814. The normalized spacial score (nSPS) is 11.0. The third kappa shape index (κ3) is 2.96. The van der Waals surface area contributed by atoms with Crippen molar-refractivity contribution in [3.63, 3.8) is 0 Å². The van der Waals surface area contributed by atoms with Gasteiger partial charge in [-0.2, -0.15) is 0 Å². The summed E-state index contributed by atoms with van der Waals surface area (Å²) in [6.45, 7) is 2.68. The number of esters is 1. The maximum absolute atomic E-state index is 13.2. The second-order valence-electron chi connectivity index (χ2n) is 4.69. The number of rotatable bonds is 5. The molecular weight excluding hydrogens is 307 g/mol. The van der Waals surface area contributed by atoms with Crippen molar-refractivity contribution >= 4 is 27.4 Å². The van der Waals surface area contributed by atoms with Gasteiger partial charge in [0.15, 0.2) is 12.4 Å². The van der Waals surface area contributed by atoms with E-state index in [0.717, 1.165) is 11.1 Å². The molecule has 114 valence electrons. The quantitative estimate of drug-likeness (QED) is 0.676. The van der Waals surface area contributed by atoms with Gasteiger partial charge in [-0.1, -0.05) is 6.92 Å². The molecule has 3 aromatic rings. The van der Waals surface area contributed by atoms with Crippen LogP contribution in [0.4, 0.5) is 4.39 Å². The Morgan fingerprint density at radius 1 is 1.41 bits per heavy atom. The van der Waals surface area contributed by atoms with Gasteiger partial charge in [0.25, 0.3) is 0 Å². The van der Waals surface area contributed by atoms with Gasteiger partial charge in [-0.05, 0) is 46.5 Å². The molecule has 0 saturated carbocycles. The van der Waals surface area contributed by atoms with E-state index in [9.17, 15) is 9.18 Å². The SMILES string of the molecule is CCCn1nnnc1COC(=O)c1cc2cc(F)ccc2s1. The van der Waals surface area contributed by atoms with Crippen molar-refractivity contribution in [3.8, 4) is 0 Å². The zero-order chi connectivity index (χ0) is 15.5. The van der Waals surface area contributed by atoms with Gasteiger partial charge < -0.3 is 4.74 Å². The number of hydrogen-bond acceptors (Lipinski definition) is 6. The largest absolute Gasteiger partial charge is 0.453 e. The summed E-state index contributed by atoms with van der Waals surface area (Å²) < 4.78 is 20.8. The van der Waals surface area contributed by atoms with Crippen molar-refractivity contribution in [3.05, 3.63) is 40.8 Å². The van der Waals surface area contributed by atoms with E-state index in [1.165, 1.54) is 23.5 Å². The number of hydrogen-bond donors (Lipinski definition) is 0. The first kappa shape index (κ1) is 14.6. The molecule has 3 rings (SSSR count). The Hall–Kier alpha value is -2.35. The molecule has 6 nitrogen and oxygen atoms in total. The predicted octanol–water partition coefficient (Wildman–Crippen LogP) is 2.79. The fourth-order valence-corrected chi connectivity index (χ4v) is 2.97. The van der Waals surface area contributed by atoms with Gasteiger partial charge in [-0.3, -0.25) is 0 Å². The van der Waals surface area contributed by atoms with Crippen LogP contribution in [-0.2, 0) is 17.9 Å². The summed E-state index contributed by atoms with van der Waals surface area (Å²) in [7, 11) is 0. The number of carbonyl (C=O) groups is 1. The lowest BCUT2D eigenvalue weighted by Crippen LogP contribution is -2.10. The van der Waals surface area contributed by atoms with Crippen LogP contribution in [0.1, 0.15) is 28.8 Å². The molecule has 22 heavy (non-hydrogen) atoms. The minimum atomic E-state index is -0.465. The predicted molar refractivity (Wildman–Crippen MR) is 79.0 cm³/mol. The lowest BCUT2D eigenvalue weighted by atomic mass is 10.2. The van der Waals surface area contributed by atoms with Gasteiger partial charge in [-0.25, -0.2) is 13.9 Å². The summed E-state index contributed by atoms with van der Waals surface area (Å²) in [6.07, 6.45) is 0.883. The van der Waals surface area contributed by atoms with Crippen LogP contribution in [0, 0.1) is 5.82 Å². The number of thiophene rings is 1. The van der Waals surface area contributed by atoms with E-state index < -0.39 is 5.97 Å². The molecule has 0 N–H and O–H groups in total. The first-order valence-corrected chi connectivity index (χ1v) is 7.60. The zero-order valence-corrected chi connectivity index (χ0v) is 12.6. The van der Waals surface area contributed by atoms with Crippen molar-refractivity contribution in [1.82, 2.24) is 20.2 Å². The molecule has 0 bridgehead atoms. The van der Waals surface area contributed by atoms with Crippen LogP contribution < -0.4 is 0 Å². The van der Waals surface area contributed by atoms with Crippen LogP contribution >= 0.6 is 11.3 Å². The number of tetrazole rings is 1. The second-order valence-corrected chi connectivity index (χ2v) is 5.77. The third-order valence-corrected chi connectivity index (χ3v) is 4.15. The van der Waals surface area contributed by atoms with Gasteiger partial charge in [0.05, 0.1) is 0 Å². The first-order chi connectivity index (χ1) is 10.7. The van der Waals surface area contributed by atoms with Crippen molar-refractivity contribution in [2.24, 2.45) is 0 Å². The van der Waals surface area contributed by atoms with Crippen molar-refractivity contribution in [2.75, 3.05) is 0 Å². The molecule has 0 aliphatic rings. The molecular formula is C14H13FN4O2S. The molecule has 0 aliphatic carbocycles. The van der Waals surface area contributed by atoms with Crippen LogP contribution in [-0.4, -0.2) is 26.2 Å². The zero-order valence-electron chi connectivity index (χ0n) is 11.8. The van der Waals surface area contributed by atoms with E-state index in [0.29, 0.717) is 22.6 Å². The number of fused-ring (bicyclic) bond motifs is 1. The second kappa shape index (κ2) is 6.18. The van der Waals surface area contributed by atoms with Crippen LogP contribution in [0.15, 0.2) is 24.3 Å². The smallest absolute Gasteiger partial charge is 0.348 e. The highest BCUT2D eigenvalue weighted by Gasteiger charge is 2.14. The topological polar surface area (TPSA) is 69.9 Å². The lowest BCUT2D eigenvalue weighted by molar-refractivity contribution is 0.0462. The average Bonchev–Trinajstić information content (AvgIpc) is 3.11. The fraction of sp³-hybridized carbons (Fsp3) is 0.286. The molecule has 0 amide bonds. The molecule has 0 atom stereocenters. The molecule has 0 spiro atoms. The van der Waals surface area contributed by atoms with Gasteiger partial charge in [0, 0.05) is 11.2 Å². The third-order valence-electron chi connectivity index (χ3n) is 3.05. The Kier molecular flexibility index (Phi) is 4.10. The Morgan fingerprint density at radius 2 is 2.27 bits per heavy atom. The number of aryl methyl sites for hydroxylation is 1.